The maximum absolute atomic E-state index is 12.5. The van der Waals surface area contributed by atoms with Gasteiger partial charge >= 0.3 is 5.69 Å². The van der Waals surface area contributed by atoms with Crippen molar-refractivity contribution in [3.05, 3.63) is 69.0 Å². The molecule has 1 aliphatic rings. The lowest BCUT2D eigenvalue weighted by atomic mass is 9.89. The van der Waals surface area contributed by atoms with Crippen molar-refractivity contribution in [2.75, 3.05) is 19.6 Å². The van der Waals surface area contributed by atoms with Crippen LogP contribution in [0.5, 0.6) is 0 Å². The van der Waals surface area contributed by atoms with E-state index in [-0.39, 0.29) is 24.3 Å². The Morgan fingerprint density at radius 1 is 1.17 bits per heavy atom. The summed E-state index contributed by atoms with van der Waals surface area (Å²) in [5.74, 6) is 0.247. The van der Waals surface area contributed by atoms with Crippen LogP contribution >= 0.6 is 0 Å². The minimum absolute atomic E-state index is 0.0889. The molecule has 3 rings (SSSR count). The quantitative estimate of drug-likeness (QED) is 0.807. The van der Waals surface area contributed by atoms with Gasteiger partial charge in [0.1, 0.15) is 6.54 Å². The summed E-state index contributed by atoms with van der Waals surface area (Å²) < 4.78 is 1.21. The number of H-pyrrole nitrogens is 1. The monoisotopic (exact) mass is 328 g/mol. The molecule has 0 bridgehead atoms. The van der Waals surface area contributed by atoms with Crippen molar-refractivity contribution in [2.24, 2.45) is 11.7 Å². The molecule has 1 aliphatic heterocycles. The van der Waals surface area contributed by atoms with Crippen molar-refractivity contribution in [1.29, 1.82) is 0 Å². The Balaban J connectivity index is 1.74. The van der Waals surface area contributed by atoms with Crippen molar-refractivity contribution in [1.82, 2.24) is 14.5 Å². The minimum Gasteiger partial charge on any atom is -0.340 e. The topological polar surface area (TPSA) is 101 Å². The van der Waals surface area contributed by atoms with E-state index in [1.807, 2.05) is 30.3 Å². The molecule has 24 heavy (non-hydrogen) atoms. The van der Waals surface area contributed by atoms with Crippen LogP contribution < -0.4 is 17.0 Å². The fraction of sp³-hybridized carbons (Fsp3) is 0.353. The number of aromatic amines is 1. The second kappa shape index (κ2) is 6.84. The highest BCUT2D eigenvalue weighted by atomic mass is 16.2. The van der Waals surface area contributed by atoms with Crippen molar-refractivity contribution in [2.45, 2.75) is 12.5 Å². The van der Waals surface area contributed by atoms with Gasteiger partial charge in [-0.25, -0.2) is 4.79 Å². The van der Waals surface area contributed by atoms with Crippen LogP contribution in [0.4, 0.5) is 0 Å². The summed E-state index contributed by atoms with van der Waals surface area (Å²) in [6, 6.07) is 11.2. The molecule has 2 aromatic rings. The van der Waals surface area contributed by atoms with Crippen LogP contribution in [0.15, 0.2) is 52.2 Å². The fourth-order valence-corrected chi connectivity index (χ4v) is 3.21. The van der Waals surface area contributed by atoms with Gasteiger partial charge in [-0.15, -0.1) is 0 Å². The molecule has 2 atom stereocenters. The first kappa shape index (κ1) is 16.2. The molecule has 3 N–H and O–H groups in total. The smallest absolute Gasteiger partial charge is 0.328 e. The van der Waals surface area contributed by atoms with E-state index in [0.717, 1.165) is 0 Å². The lowest BCUT2D eigenvalue weighted by Crippen LogP contribution is -2.37. The lowest BCUT2D eigenvalue weighted by molar-refractivity contribution is -0.131. The van der Waals surface area contributed by atoms with Gasteiger partial charge in [0.2, 0.25) is 5.91 Å². The number of nitrogens with zero attached hydrogens (tertiary/aromatic N) is 2. The Labute approximate surface area is 138 Å². The number of likely N-dealkylation sites (tertiary alicyclic amines) is 1. The number of nitrogens with two attached hydrogens (primary N) is 1. The molecule has 2 heterocycles. The molecular weight excluding hydrogens is 308 g/mol. The van der Waals surface area contributed by atoms with Crippen LogP contribution in [0.25, 0.3) is 0 Å². The van der Waals surface area contributed by atoms with Crippen LogP contribution in [-0.4, -0.2) is 40.0 Å². The van der Waals surface area contributed by atoms with Crippen molar-refractivity contribution in [3.63, 3.8) is 0 Å². The Morgan fingerprint density at radius 3 is 2.58 bits per heavy atom. The number of benzene rings is 1. The standard InChI is InChI=1S/C17H20N4O3/c18-8-13-9-21(10-14(13)12-4-2-1-3-5-12)16(23)11-20-7-6-15(22)19-17(20)24/h1-7,13-14H,8-11,18H2,(H,19,22,24)/t13-,14+/m1/s1. The van der Waals surface area contributed by atoms with E-state index in [1.165, 1.54) is 22.4 Å². The Hall–Kier alpha value is -2.67. The summed E-state index contributed by atoms with van der Waals surface area (Å²) in [7, 11) is 0. The van der Waals surface area contributed by atoms with Crippen LogP contribution in [0.2, 0.25) is 0 Å². The average Bonchev–Trinajstić information content (AvgIpc) is 3.02. The number of carbonyl (C=O) groups is 1. The first-order chi connectivity index (χ1) is 11.6. The third kappa shape index (κ3) is 3.30. The zero-order chi connectivity index (χ0) is 17.1. The highest BCUT2D eigenvalue weighted by molar-refractivity contribution is 5.76. The number of rotatable bonds is 4. The van der Waals surface area contributed by atoms with Crippen LogP contribution in [-0.2, 0) is 11.3 Å². The van der Waals surface area contributed by atoms with Crippen LogP contribution in [0.3, 0.4) is 0 Å². The minimum atomic E-state index is -0.579. The second-order valence-electron chi connectivity index (χ2n) is 6.05. The molecule has 0 saturated carbocycles. The molecule has 0 unspecified atom stereocenters. The molecule has 0 spiro atoms. The van der Waals surface area contributed by atoms with Crippen LogP contribution in [0.1, 0.15) is 11.5 Å². The third-order valence-corrected chi connectivity index (χ3v) is 4.53. The second-order valence-corrected chi connectivity index (χ2v) is 6.05. The van der Waals surface area contributed by atoms with E-state index < -0.39 is 11.2 Å². The first-order valence-corrected chi connectivity index (χ1v) is 7.91. The number of carbonyl (C=O) groups excluding carboxylic acids is 1. The van der Waals surface area contributed by atoms with E-state index in [0.29, 0.717) is 19.6 Å². The predicted octanol–water partition coefficient (Wildman–Crippen LogP) is -0.262. The van der Waals surface area contributed by atoms with Gasteiger partial charge in [0.15, 0.2) is 0 Å². The van der Waals surface area contributed by atoms with Gasteiger partial charge < -0.3 is 10.6 Å². The molecule has 1 aromatic heterocycles. The van der Waals surface area contributed by atoms with E-state index in [1.54, 1.807) is 4.90 Å². The van der Waals surface area contributed by atoms with Crippen molar-refractivity contribution in [3.8, 4) is 0 Å². The summed E-state index contributed by atoms with van der Waals surface area (Å²) in [5.41, 5.74) is 6.00. The zero-order valence-electron chi connectivity index (χ0n) is 13.2. The summed E-state index contributed by atoms with van der Waals surface area (Å²) in [4.78, 5) is 39.2. The molecule has 0 radical (unpaired) electrons. The van der Waals surface area contributed by atoms with Gasteiger partial charge in [0, 0.05) is 31.3 Å². The summed E-state index contributed by atoms with van der Waals surface area (Å²) in [6.45, 7) is 1.58. The largest absolute Gasteiger partial charge is 0.340 e. The van der Waals surface area contributed by atoms with E-state index in [4.69, 9.17) is 5.73 Å². The molecule has 1 aromatic carbocycles. The van der Waals surface area contributed by atoms with Crippen molar-refractivity contribution >= 4 is 5.91 Å². The van der Waals surface area contributed by atoms with Gasteiger partial charge in [0.25, 0.3) is 5.56 Å². The normalized spacial score (nSPS) is 20.3. The molecule has 7 nitrogen and oxygen atoms in total. The number of hydrogen-bond acceptors (Lipinski definition) is 4. The fourth-order valence-electron chi connectivity index (χ4n) is 3.21. The maximum Gasteiger partial charge on any atom is 0.328 e. The number of aromatic nitrogens is 2. The molecule has 126 valence electrons. The zero-order valence-corrected chi connectivity index (χ0v) is 13.2. The summed E-state index contributed by atoms with van der Waals surface area (Å²) in [5, 5.41) is 0. The molecule has 7 heteroatoms. The van der Waals surface area contributed by atoms with Crippen molar-refractivity contribution < 1.29 is 4.79 Å². The molecule has 1 amide bonds. The summed E-state index contributed by atoms with van der Waals surface area (Å²) in [6.07, 6.45) is 1.34. The van der Waals surface area contributed by atoms with E-state index in [2.05, 4.69) is 4.98 Å². The molecule has 0 aliphatic carbocycles. The van der Waals surface area contributed by atoms with E-state index in [9.17, 15) is 14.4 Å². The molecule has 1 fully saturated rings. The number of amides is 1. The molecule has 1 saturated heterocycles. The number of nitrogens with one attached hydrogen (secondary N) is 1. The van der Waals surface area contributed by atoms with Gasteiger partial charge in [-0.1, -0.05) is 30.3 Å². The number of hydrogen-bond donors (Lipinski definition) is 2. The SMILES string of the molecule is NC[C@@H]1CN(C(=O)Cn2ccc(=O)[nH]c2=O)C[C@H]1c1ccccc1. The Morgan fingerprint density at radius 2 is 1.92 bits per heavy atom. The highest BCUT2D eigenvalue weighted by Gasteiger charge is 2.35. The Kier molecular flexibility index (Phi) is 4.61. The van der Waals surface area contributed by atoms with Gasteiger partial charge in [0.05, 0.1) is 0 Å². The van der Waals surface area contributed by atoms with Gasteiger partial charge in [-0.3, -0.25) is 19.1 Å². The lowest BCUT2D eigenvalue weighted by Gasteiger charge is -2.17. The Bertz CT molecular complexity index is 827. The first-order valence-electron chi connectivity index (χ1n) is 7.91. The van der Waals surface area contributed by atoms with Gasteiger partial charge in [-0.05, 0) is 18.0 Å². The molecular formula is C17H20N4O3. The maximum atomic E-state index is 12.5. The average molecular weight is 328 g/mol. The van der Waals surface area contributed by atoms with Crippen LogP contribution in [0, 0.1) is 5.92 Å². The van der Waals surface area contributed by atoms with Gasteiger partial charge in [-0.2, -0.15) is 0 Å². The predicted molar refractivity (Wildman–Crippen MR) is 89.6 cm³/mol. The third-order valence-electron chi connectivity index (χ3n) is 4.53. The van der Waals surface area contributed by atoms with E-state index >= 15 is 0 Å². The summed E-state index contributed by atoms with van der Waals surface area (Å²) >= 11 is 0. The highest BCUT2D eigenvalue weighted by Crippen LogP contribution is 2.32.